The van der Waals surface area contributed by atoms with Crippen LogP contribution in [-0.2, 0) is 19.2 Å². The number of aliphatic hydroxyl groups excluding tert-OH is 1. The van der Waals surface area contributed by atoms with Gasteiger partial charge in [-0.2, -0.15) is 13.5 Å². The van der Waals surface area contributed by atoms with Crippen molar-refractivity contribution in [2.24, 2.45) is 5.14 Å². The molecular weight excluding hydrogens is 455 g/mol. The Kier molecular flexibility index (Phi) is 5.65. The van der Waals surface area contributed by atoms with Crippen LogP contribution in [0.2, 0.25) is 0 Å². The summed E-state index contributed by atoms with van der Waals surface area (Å²) in [5.74, 6) is 1.49. The summed E-state index contributed by atoms with van der Waals surface area (Å²) in [5.41, 5.74) is 6.21. The third kappa shape index (κ3) is 4.24. The lowest BCUT2D eigenvalue weighted by molar-refractivity contribution is -0.0456. The zero-order chi connectivity index (χ0) is 22.5. The van der Waals surface area contributed by atoms with Gasteiger partial charge in [0.05, 0.1) is 16.9 Å². The molecule has 3 aromatic heterocycles. The average molecular weight is 474 g/mol. The number of anilines is 1. The maximum absolute atomic E-state index is 14.9. The molecule has 3 aromatic rings. The molecule has 0 aromatic carbocycles. The van der Waals surface area contributed by atoms with E-state index in [2.05, 4.69) is 19.2 Å². The Balaban J connectivity index is 1.71. The van der Waals surface area contributed by atoms with Gasteiger partial charge in [-0.1, -0.05) is 11.8 Å². The standard InChI is InChI=1S/C16H19FN6O6S2/c1-6-3-9(7(2)28-6)30-15-10-13(18)20-5-21-14(10)23(22-15)16-11(17)12(24)8(29-16)4-27-31(19,25)26/h3,5,8,11-12,16,24H,4H2,1-2H3,(H2,18,20,21)(H2,19,25,26)/t8-,11+,12-,16-/m1/s1. The number of ether oxygens (including phenoxy) is 1. The number of aliphatic hydroxyl groups is 1. The number of hydrogen-bond donors (Lipinski definition) is 3. The van der Waals surface area contributed by atoms with E-state index in [4.69, 9.17) is 20.0 Å². The molecule has 1 fully saturated rings. The summed E-state index contributed by atoms with van der Waals surface area (Å²) in [4.78, 5) is 8.89. The first kappa shape index (κ1) is 21.9. The first-order chi connectivity index (χ1) is 14.5. The number of nitrogens with two attached hydrogens (primary N) is 2. The van der Waals surface area contributed by atoms with E-state index in [1.54, 1.807) is 13.8 Å². The molecule has 0 aliphatic carbocycles. The van der Waals surface area contributed by atoms with Gasteiger partial charge in [0.25, 0.3) is 0 Å². The number of alkyl halides is 1. The molecule has 0 amide bonds. The van der Waals surface area contributed by atoms with Gasteiger partial charge in [-0.05, 0) is 19.9 Å². The van der Waals surface area contributed by atoms with Crippen molar-refractivity contribution in [2.45, 2.75) is 48.4 Å². The molecule has 4 heterocycles. The summed E-state index contributed by atoms with van der Waals surface area (Å²) in [6.07, 6.45) is -5.16. The minimum atomic E-state index is -4.29. The number of aromatic nitrogens is 4. The number of nitrogen functional groups attached to an aromatic ring is 1. The molecule has 15 heteroatoms. The zero-order valence-electron chi connectivity index (χ0n) is 16.3. The lowest BCUT2D eigenvalue weighted by Gasteiger charge is -2.14. The number of nitrogens with zero attached hydrogens (tertiary/aromatic N) is 4. The summed E-state index contributed by atoms with van der Waals surface area (Å²) in [7, 11) is -4.29. The second kappa shape index (κ2) is 7.99. The van der Waals surface area contributed by atoms with Gasteiger partial charge in [0.2, 0.25) is 0 Å². The van der Waals surface area contributed by atoms with Crippen LogP contribution in [0.15, 0.2) is 26.7 Å². The molecule has 1 aliphatic rings. The SMILES string of the molecule is Cc1cc(Sc2nn([C@@H]3O[C@H](COS(N)(=O)=O)[C@@H](O)[C@@H]3F)c3ncnc(N)c23)c(C)o1. The van der Waals surface area contributed by atoms with Crippen molar-refractivity contribution in [1.29, 1.82) is 0 Å². The minimum Gasteiger partial charge on any atom is -0.465 e. The van der Waals surface area contributed by atoms with Crippen LogP contribution in [-0.4, -0.2) is 58.3 Å². The molecule has 31 heavy (non-hydrogen) atoms. The topological polar surface area (TPSA) is 182 Å². The molecule has 0 spiro atoms. The van der Waals surface area contributed by atoms with Crippen LogP contribution in [0.1, 0.15) is 17.7 Å². The van der Waals surface area contributed by atoms with E-state index in [9.17, 15) is 17.9 Å². The van der Waals surface area contributed by atoms with E-state index in [-0.39, 0.29) is 11.5 Å². The summed E-state index contributed by atoms with van der Waals surface area (Å²) in [5, 5.41) is 20.1. The van der Waals surface area contributed by atoms with Crippen LogP contribution in [0.5, 0.6) is 0 Å². The molecule has 0 saturated carbocycles. The lowest BCUT2D eigenvalue weighted by atomic mass is 10.1. The third-order valence-electron chi connectivity index (χ3n) is 4.62. The smallest absolute Gasteiger partial charge is 0.333 e. The van der Waals surface area contributed by atoms with Crippen LogP contribution in [0.3, 0.4) is 0 Å². The van der Waals surface area contributed by atoms with Gasteiger partial charge in [0.1, 0.15) is 40.9 Å². The highest BCUT2D eigenvalue weighted by atomic mass is 32.2. The zero-order valence-corrected chi connectivity index (χ0v) is 17.9. The van der Waals surface area contributed by atoms with Crippen LogP contribution in [0, 0.1) is 13.8 Å². The van der Waals surface area contributed by atoms with Gasteiger partial charge in [0, 0.05) is 0 Å². The third-order valence-corrected chi connectivity index (χ3v) is 6.19. The molecular formula is C16H19FN6O6S2. The van der Waals surface area contributed by atoms with Gasteiger partial charge in [-0.15, -0.1) is 0 Å². The van der Waals surface area contributed by atoms with Gasteiger partial charge >= 0.3 is 10.3 Å². The number of aryl methyl sites for hydroxylation is 2. The highest BCUT2D eigenvalue weighted by molar-refractivity contribution is 7.99. The van der Waals surface area contributed by atoms with Crippen molar-refractivity contribution in [3.8, 4) is 0 Å². The number of furan rings is 1. The summed E-state index contributed by atoms with van der Waals surface area (Å²) in [6, 6.07) is 1.82. The van der Waals surface area contributed by atoms with Crippen LogP contribution in [0.25, 0.3) is 11.0 Å². The Morgan fingerprint density at radius 3 is 2.77 bits per heavy atom. The Bertz CT molecular complexity index is 1230. The quantitative estimate of drug-likeness (QED) is 0.454. The number of halogens is 1. The summed E-state index contributed by atoms with van der Waals surface area (Å²) in [6.45, 7) is 2.93. The van der Waals surface area contributed by atoms with E-state index in [0.29, 0.717) is 21.9 Å². The molecule has 0 unspecified atom stereocenters. The van der Waals surface area contributed by atoms with Gasteiger partial charge in [-0.3, -0.25) is 4.18 Å². The van der Waals surface area contributed by atoms with Crippen molar-refractivity contribution in [2.75, 3.05) is 12.3 Å². The number of hydrogen-bond acceptors (Lipinski definition) is 11. The fourth-order valence-corrected chi connectivity index (χ4v) is 4.60. The predicted octanol–water partition coefficient (Wildman–Crippen LogP) is 0.586. The second-order valence-corrected chi connectivity index (χ2v) is 9.12. The van der Waals surface area contributed by atoms with Gasteiger partial charge in [0.15, 0.2) is 18.0 Å². The average Bonchev–Trinajstić information content (AvgIpc) is 3.29. The molecule has 1 saturated heterocycles. The number of rotatable bonds is 6. The fourth-order valence-electron chi connectivity index (χ4n) is 3.23. The Hall–Kier alpha value is -2.30. The van der Waals surface area contributed by atoms with E-state index in [1.165, 1.54) is 18.1 Å². The van der Waals surface area contributed by atoms with Crippen LogP contribution < -0.4 is 10.9 Å². The van der Waals surface area contributed by atoms with E-state index >= 15 is 0 Å². The Labute approximate surface area is 180 Å². The Morgan fingerprint density at radius 2 is 2.13 bits per heavy atom. The summed E-state index contributed by atoms with van der Waals surface area (Å²) >= 11 is 1.23. The molecule has 12 nitrogen and oxygen atoms in total. The molecule has 4 rings (SSSR count). The fraction of sp³-hybridized carbons (Fsp3) is 0.438. The normalized spacial score (nSPS) is 24.3. The van der Waals surface area contributed by atoms with Crippen molar-refractivity contribution < 1.29 is 31.3 Å². The van der Waals surface area contributed by atoms with Crippen molar-refractivity contribution in [1.82, 2.24) is 19.7 Å². The van der Waals surface area contributed by atoms with E-state index in [0.717, 1.165) is 9.58 Å². The lowest BCUT2D eigenvalue weighted by Crippen LogP contribution is -2.33. The minimum absolute atomic E-state index is 0.125. The van der Waals surface area contributed by atoms with Crippen molar-refractivity contribution in [3.63, 3.8) is 0 Å². The maximum atomic E-state index is 14.9. The van der Waals surface area contributed by atoms with Gasteiger partial charge < -0.3 is 20.0 Å². The van der Waals surface area contributed by atoms with E-state index in [1.807, 2.05) is 6.07 Å². The first-order valence-corrected chi connectivity index (χ1v) is 11.2. The van der Waals surface area contributed by atoms with Gasteiger partial charge in [-0.25, -0.2) is 24.2 Å². The van der Waals surface area contributed by atoms with Crippen molar-refractivity contribution >= 4 is 38.9 Å². The second-order valence-electron chi connectivity index (χ2n) is 6.86. The maximum Gasteiger partial charge on any atom is 0.333 e. The largest absolute Gasteiger partial charge is 0.465 e. The van der Waals surface area contributed by atoms with Crippen LogP contribution in [0.4, 0.5) is 10.2 Å². The highest BCUT2D eigenvalue weighted by Crippen LogP contribution is 2.40. The summed E-state index contributed by atoms with van der Waals surface area (Å²) < 4.78 is 53.5. The van der Waals surface area contributed by atoms with E-state index < -0.39 is 41.5 Å². The Morgan fingerprint density at radius 1 is 1.39 bits per heavy atom. The molecule has 4 atom stereocenters. The molecule has 0 radical (unpaired) electrons. The molecule has 0 bridgehead atoms. The molecule has 168 valence electrons. The van der Waals surface area contributed by atoms with Crippen LogP contribution >= 0.6 is 11.8 Å². The van der Waals surface area contributed by atoms with Crippen molar-refractivity contribution in [3.05, 3.63) is 23.9 Å². The highest BCUT2D eigenvalue weighted by Gasteiger charge is 2.47. The number of fused-ring (bicyclic) bond motifs is 1. The predicted molar refractivity (Wildman–Crippen MR) is 106 cm³/mol. The molecule has 5 N–H and O–H groups in total. The first-order valence-electron chi connectivity index (χ1n) is 8.93. The molecule has 1 aliphatic heterocycles. The monoisotopic (exact) mass is 474 g/mol.